The second-order valence-corrected chi connectivity index (χ2v) is 5.16. The molecule has 1 aliphatic carbocycles. The lowest BCUT2D eigenvalue weighted by molar-refractivity contribution is -0.150. The van der Waals surface area contributed by atoms with Crippen molar-refractivity contribution in [2.45, 2.75) is 20.3 Å². The molecule has 0 saturated carbocycles. The lowest BCUT2D eigenvalue weighted by Crippen LogP contribution is -2.40. The van der Waals surface area contributed by atoms with Crippen LogP contribution in [0.15, 0.2) is 29.1 Å². The number of carbonyl (C=O) groups is 2. The molecule has 110 valence electrons. The molecule has 0 aromatic rings. The van der Waals surface area contributed by atoms with Crippen molar-refractivity contribution in [3.63, 3.8) is 0 Å². The number of hydrogen-bond acceptors (Lipinski definition) is 6. The number of allylic oxidation sites excluding steroid dienone is 1. The van der Waals surface area contributed by atoms with Gasteiger partial charge in [-0.05, 0) is 5.41 Å². The Morgan fingerprint density at radius 1 is 1.60 bits per heavy atom. The highest BCUT2D eigenvalue weighted by Gasteiger charge is 2.46. The number of aliphatic hydroxyl groups excluding tert-OH is 1. The SMILES string of the molecule is C=CCON=CC1=C(O)C(C(=O)OC)C(C)(C)CC1=O. The first-order valence-corrected chi connectivity index (χ1v) is 6.15. The maximum Gasteiger partial charge on any atom is 0.316 e. The van der Waals surface area contributed by atoms with E-state index in [1.807, 2.05) is 0 Å². The molecule has 6 nitrogen and oxygen atoms in total. The number of nitrogens with zero attached hydrogens (tertiary/aromatic N) is 1. The van der Waals surface area contributed by atoms with Gasteiger partial charge in [0.05, 0.1) is 18.9 Å². The van der Waals surface area contributed by atoms with Crippen LogP contribution in [0.5, 0.6) is 0 Å². The molecule has 0 aromatic heterocycles. The molecule has 0 aliphatic heterocycles. The fourth-order valence-corrected chi connectivity index (χ4v) is 2.15. The highest BCUT2D eigenvalue weighted by atomic mass is 16.6. The zero-order chi connectivity index (χ0) is 15.3. The second-order valence-electron chi connectivity index (χ2n) is 5.16. The van der Waals surface area contributed by atoms with Gasteiger partial charge >= 0.3 is 5.97 Å². The molecule has 0 amide bonds. The summed E-state index contributed by atoms with van der Waals surface area (Å²) in [4.78, 5) is 28.6. The Labute approximate surface area is 117 Å². The summed E-state index contributed by atoms with van der Waals surface area (Å²) in [7, 11) is 1.24. The number of ketones is 1. The number of ether oxygens (including phenoxy) is 1. The van der Waals surface area contributed by atoms with Crippen LogP contribution in [-0.2, 0) is 19.2 Å². The first-order chi connectivity index (χ1) is 9.35. The van der Waals surface area contributed by atoms with Gasteiger partial charge < -0.3 is 14.7 Å². The van der Waals surface area contributed by atoms with Crippen molar-refractivity contribution in [1.82, 2.24) is 0 Å². The summed E-state index contributed by atoms with van der Waals surface area (Å²) in [6.07, 6.45) is 2.72. The van der Waals surface area contributed by atoms with Crippen LogP contribution in [0.25, 0.3) is 0 Å². The summed E-state index contributed by atoms with van der Waals surface area (Å²) in [5, 5.41) is 13.7. The summed E-state index contributed by atoms with van der Waals surface area (Å²) in [5.74, 6) is -2.10. The van der Waals surface area contributed by atoms with Crippen LogP contribution in [0.4, 0.5) is 0 Å². The zero-order valence-corrected chi connectivity index (χ0v) is 11.9. The third-order valence-corrected chi connectivity index (χ3v) is 3.13. The highest BCUT2D eigenvalue weighted by molar-refractivity contribution is 6.15. The summed E-state index contributed by atoms with van der Waals surface area (Å²) >= 11 is 0. The molecule has 20 heavy (non-hydrogen) atoms. The zero-order valence-electron chi connectivity index (χ0n) is 11.9. The minimum Gasteiger partial charge on any atom is -0.511 e. The smallest absolute Gasteiger partial charge is 0.316 e. The standard InChI is InChI=1S/C14H19NO5/c1-5-6-20-15-8-9-10(16)7-14(2,3)11(12(9)17)13(18)19-4/h5,8,11,17H,1,6-7H2,2-4H3. The van der Waals surface area contributed by atoms with Crippen LogP contribution in [0.3, 0.4) is 0 Å². The predicted octanol–water partition coefficient (Wildman–Crippen LogP) is 1.78. The van der Waals surface area contributed by atoms with E-state index in [4.69, 9.17) is 4.84 Å². The molecule has 0 spiro atoms. The average Bonchev–Trinajstić information content (AvgIpc) is 2.36. The van der Waals surface area contributed by atoms with Crippen molar-refractivity contribution in [3.8, 4) is 0 Å². The largest absolute Gasteiger partial charge is 0.511 e. The predicted molar refractivity (Wildman–Crippen MR) is 73.2 cm³/mol. The van der Waals surface area contributed by atoms with Crippen LogP contribution >= 0.6 is 0 Å². The van der Waals surface area contributed by atoms with Gasteiger partial charge in [0.1, 0.15) is 18.3 Å². The van der Waals surface area contributed by atoms with Gasteiger partial charge in [0.25, 0.3) is 0 Å². The van der Waals surface area contributed by atoms with Gasteiger partial charge in [-0.15, -0.1) is 0 Å². The van der Waals surface area contributed by atoms with Crippen molar-refractivity contribution in [2.24, 2.45) is 16.5 Å². The molecule has 0 bridgehead atoms. The first kappa shape index (κ1) is 15.9. The number of rotatable bonds is 5. The normalized spacial score (nSPS) is 21.9. The van der Waals surface area contributed by atoms with Crippen LogP contribution in [0.1, 0.15) is 20.3 Å². The van der Waals surface area contributed by atoms with Crippen molar-refractivity contribution in [3.05, 3.63) is 24.0 Å². The fourth-order valence-electron chi connectivity index (χ4n) is 2.15. The molecule has 1 N–H and O–H groups in total. The van der Waals surface area contributed by atoms with E-state index in [-0.39, 0.29) is 30.1 Å². The van der Waals surface area contributed by atoms with Gasteiger partial charge in [0.2, 0.25) is 0 Å². The monoisotopic (exact) mass is 281 g/mol. The molecule has 1 atom stereocenters. The Morgan fingerprint density at radius 3 is 2.80 bits per heavy atom. The third kappa shape index (κ3) is 3.26. The van der Waals surface area contributed by atoms with Crippen LogP contribution in [0.2, 0.25) is 0 Å². The second kappa shape index (κ2) is 6.36. The number of methoxy groups -OCH3 is 1. The number of Topliss-reactive ketones (excluding diaryl/α,β-unsaturated/α-hetero) is 1. The van der Waals surface area contributed by atoms with E-state index in [0.717, 1.165) is 6.21 Å². The van der Waals surface area contributed by atoms with Crippen molar-refractivity contribution >= 4 is 18.0 Å². The lowest BCUT2D eigenvalue weighted by Gasteiger charge is -2.35. The summed E-state index contributed by atoms with van der Waals surface area (Å²) < 4.78 is 4.69. The van der Waals surface area contributed by atoms with Gasteiger partial charge in [0.15, 0.2) is 5.78 Å². The molecule has 0 saturated heterocycles. The molecule has 1 rings (SSSR count). The van der Waals surface area contributed by atoms with E-state index in [1.54, 1.807) is 13.8 Å². The van der Waals surface area contributed by atoms with Gasteiger partial charge in [-0.2, -0.15) is 0 Å². The molecule has 0 aromatic carbocycles. The van der Waals surface area contributed by atoms with Crippen LogP contribution in [0, 0.1) is 11.3 Å². The van der Waals surface area contributed by atoms with Crippen LogP contribution < -0.4 is 0 Å². The van der Waals surface area contributed by atoms with Gasteiger partial charge in [-0.25, -0.2) is 0 Å². The van der Waals surface area contributed by atoms with Crippen molar-refractivity contribution < 1.29 is 24.3 Å². The third-order valence-electron chi connectivity index (χ3n) is 3.13. The Kier molecular flexibility index (Phi) is 5.07. The Morgan fingerprint density at radius 2 is 2.25 bits per heavy atom. The van der Waals surface area contributed by atoms with E-state index >= 15 is 0 Å². The Bertz CT molecular complexity index is 476. The maximum absolute atomic E-state index is 12.0. The minimum absolute atomic E-state index is 0.0243. The van der Waals surface area contributed by atoms with Crippen molar-refractivity contribution in [1.29, 1.82) is 0 Å². The minimum atomic E-state index is -0.897. The van der Waals surface area contributed by atoms with Gasteiger partial charge in [-0.3, -0.25) is 9.59 Å². The Balaban J connectivity index is 3.12. The van der Waals surface area contributed by atoms with Crippen molar-refractivity contribution in [2.75, 3.05) is 13.7 Å². The molecule has 1 unspecified atom stereocenters. The molecule has 1 aliphatic rings. The molecular formula is C14H19NO5. The number of hydrogen-bond donors (Lipinski definition) is 1. The summed E-state index contributed by atoms with van der Waals surface area (Å²) in [5.41, 5.74) is -0.739. The molecule has 0 heterocycles. The first-order valence-electron chi connectivity index (χ1n) is 6.15. The topological polar surface area (TPSA) is 85.2 Å². The van der Waals surface area contributed by atoms with Gasteiger partial charge in [0, 0.05) is 6.42 Å². The summed E-state index contributed by atoms with van der Waals surface area (Å²) in [6.45, 7) is 7.09. The van der Waals surface area contributed by atoms with E-state index in [1.165, 1.54) is 13.2 Å². The fraction of sp³-hybridized carbons (Fsp3) is 0.500. The molecule has 0 fully saturated rings. The van der Waals surface area contributed by atoms with E-state index in [2.05, 4.69) is 16.5 Å². The average molecular weight is 281 g/mol. The Hall–Kier alpha value is -2.11. The highest BCUT2D eigenvalue weighted by Crippen LogP contribution is 2.41. The molecule has 0 radical (unpaired) electrons. The van der Waals surface area contributed by atoms with Gasteiger partial charge in [-0.1, -0.05) is 31.7 Å². The number of oxime groups is 1. The van der Waals surface area contributed by atoms with E-state index in [9.17, 15) is 14.7 Å². The quantitative estimate of drug-likeness (QED) is 0.273. The molecule has 6 heteroatoms. The van der Waals surface area contributed by atoms with E-state index in [0.29, 0.717) is 0 Å². The van der Waals surface area contributed by atoms with Crippen LogP contribution in [-0.4, -0.2) is 36.8 Å². The number of carbonyl (C=O) groups excluding carboxylic acids is 2. The lowest BCUT2D eigenvalue weighted by atomic mass is 9.68. The summed E-state index contributed by atoms with van der Waals surface area (Å²) in [6, 6.07) is 0. The van der Waals surface area contributed by atoms with E-state index < -0.39 is 17.3 Å². The maximum atomic E-state index is 12.0. The number of aliphatic hydroxyl groups is 1. The number of esters is 1. The molecular weight excluding hydrogens is 262 g/mol.